The molecule has 0 bridgehead atoms. The summed E-state index contributed by atoms with van der Waals surface area (Å²) in [5.74, 6) is -2.45. The minimum atomic E-state index is -5.04. The summed E-state index contributed by atoms with van der Waals surface area (Å²) >= 11 is 0. The third-order valence-corrected chi connectivity index (χ3v) is 4.41. The predicted molar refractivity (Wildman–Crippen MR) is 78.2 cm³/mol. The van der Waals surface area contributed by atoms with E-state index < -0.39 is 46.6 Å². The van der Waals surface area contributed by atoms with Gasteiger partial charge in [-0.1, -0.05) is 6.07 Å². The van der Waals surface area contributed by atoms with Crippen LogP contribution in [0.25, 0.3) is 0 Å². The van der Waals surface area contributed by atoms with Crippen LogP contribution in [0, 0.1) is 5.82 Å². The van der Waals surface area contributed by atoms with Gasteiger partial charge in [0.25, 0.3) is 0 Å². The van der Waals surface area contributed by atoms with Gasteiger partial charge in [0.15, 0.2) is 5.78 Å². The number of hydrogen-bond acceptors (Lipinski definition) is 1. The molecule has 1 nitrogen and oxygen atoms in total. The van der Waals surface area contributed by atoms with Gasteiger partial charge in [-0.3, -0.25) is 4.79 Å². The van der Waals surface area contributed by atoms with Crippen molar-refractivity contribution in [1.82, 2.24) is 0 Å². The van der Waals surface area contributed by atoms with Gasteiger partial charge < -0.3 is 0 Å². The largest absolute Gasteiger partial charge is 0.416 e. The molecule has 0 saturated heterocycles. The van der Waals surface area contributed by atoms with Crippen LogP contribution in [0.3, 0.4) is 0 Å². The molecular formula is C18H11F7O. The van der Waals surface area contributed by atoms with Gasteiger partial charge in [0, 0.05) is 11.5 Å². The van der Waals surface area contributed by atoms with Crippen molar-refractivity contribution < 1.29 is 35.5 Å². The Bertz CT molecular complexity index is 865. The SMILES string of the molecule is O=C1c2ccc(F)cc2CCC1c1ccc(C(F)(F)F)cc1C(F)(F)F. The van der Waals surface area contributed by atoms with Crippen LogP contribution in [-0.2, 0) is 18.8 Å². The molecule has 1 aliphatic rings. The highest BCUT2D eigenvalue weighted by Gasteiger charge is 2.41. The molecular weight excluding hydrogens is 365 g/mol. The van der Waals surface area contributed by atoms with Crippen molar-refractivity contribution in [2.45, 2.75) is 31.1 Å². The molecule has 0 saturated carbocycles. The molecule has 0 spiro atoms. The fourth-order valence-electron chi connectivity index (χ4n) is 3.21. The molecule has 0 aliphatic heterocycles. The third-order valence-electron chi connectivity index (χ3n) is 4.41. The lowest BCUT2D eigenvalue weighted by molar-refractivity contribution is -0.143. The van der Waals surface area contributed by atoms with Crippen molar-refractivity contribution >= 4 is 5.78 Å². The lowest BCUT2D eigenvalue weighted by Crippen LogP contribution is -2.24. The second-order valence-corrected chi connectivity index (χ2v) is 6.05. The van der Waals surface area contributed by atoms with E-state index in [4.69, 9.17) is 0 Å². The molecule has 138 valence electrons. The molecule has 3 rings (SSSR count). The van der Waals surface area contributed by atoms with E-state index in [2.05, 4.69) is 0 Å². The quantitative estimate of drug-likeness (QED) is 0.577. The first kappa shape index (κ1) is 18.4. The monoisotopic (exact) mass is 376 g/mol. The molecule has 2 aromatic carbocycles. The maximum atomic E-state index is 13.3. The number of alkyl halides is 6. The van der Waals surface area contributed by atoms with E-state index in [9.17, 15) is 35.5 Å². The van der Waals surface area contributed by atoms with Gasteiger partial charge in [0.1, 0.15) is 5.82 Å². The maximum Gasteiger partial charge on any atom is 0.416 e. The fraction of sp³-hybridized carbons (Fsp3) is 0.278. The van der Waals surface area contributed by atoms with Crippen LogP contribution in [0.4, 0.5) is 30.7 Å². The van der Waals surface area contributed by atoms with E-state index in [0.717, 1.165) is 12.1 Å². The van der Waals surface area contributed by atoms with Crippen LogP contribution < -0.4 is 0 Å². The van der Waals surface area contributed by atoms with Crippen molar-refractivity contribution in [3.05, 3.63) is 70.0 Å². The first-order valence-electron chi connectivity index (χ1n) is 7.59. The second kappa shape index (κ2) is 6.10. The summed E-state index contributed by atoms with van der Waals surface area (Å²) in [5, 5.41) is 0. The highest BCUT2D eigenvalue weighted by molar-refractivity contribution is 6.03. The molecule has 8 heteroatoms. The summed E-state index contributed by atoms with van der Waals surface area (Å²) in [6.45, 7) is 0. The summed E-state index contributed by atoms with van der Waals surface area (Å²) in [7, 11) is 0. The topological polar surface area (TPSA) is 17.1 Å². The zero-order chi connectivity index (χ0) is 19.3. The Labute approximate surface area is 143 Å². The number of ketones is 1. The molecule has 0 N–H and O–H groups in total. The van der Waals surface area contributed by atoms with Gasteiger partial charge in [0.05, 0.1) is 11.1 Å². The summed E-state index contributed by atoms with van der Waals surface area (Å²) in [6.07, 6.45) is -9.86. The van der Waals surface area contributed by atoms with E-state index in [-0.39, 0.29) is 24.5 Å². The number of halogens is 7. The standard InChI is InChI=1S/C18H11F7O/c19-11-3-6-12-9(7-11)1-4-14(16(12)26)13-5-2-10(17(20,21)22)8-15(13)18(23,24)25/h2-3,5-8,14H,1,4H2. The van der Waals surface area contributed by atoms with Crippen molar-refractivity contribution in [3.8, 4) is 0 Å². The Morgan fingerprint density at radius 3 is 2.19 bits per heavy atom. The van der Waals surface area contributed by atoms with Gasteiger partial charge in [-0.05, 0) is 54.3 Å². The second-order valence-electron chi connectivity index (χ2n) is 6.05. The Morgan fingerprint density at radius 1 is 0.885 bits per heavy atom. The summed E-state index contributed by atoms with van der Waals surface area (Å²) in [4.78, 5) is 12.6. The zero-order valence-electron chi connectivity index (χ0n) is 13.0. The Hall–Kier alpha value is -2.38. The average Bonchev–Trinajstić information content (AvgIpc) is 2.53. The highest BCUT2D eigenvalue weighted by atomic mass is 19.4. The van der Waals surface area contributed by atoms with Crippen molar-refractivity contribution in [3.63, 3.8) is 0 Å². The molecule has 0 fully saturated rings. The Kier molecular flexibility index (Phi) is 4.32. The van der Waals surface area contributed by atoms with Crippen LogP contribution in [-0.4, -0.2) is 5.78 Å². The number of Topliss-reactive ketones (excluding diaryl/α,β-unsaturated/α-hetero) is 1. The third kappa shape index (κ3) is 3.32. The van der Waals surface area contributed by atoms with Crippen LogP contribution in [0.1, 0.15) is 45.0 Å². The first-order chi connectivity index (χ1) is 12.0. The van der Waals surface area contributed by atoms with E-state index >= 15 is 0 Å². The van der Waals surface area contributed by atoms with E-state index in [1.54, 1.807) is 0 Å². The zero-order valence-corrected chi connectivity index (χ0v) is 13.0. The van der Waals surface area contributed by atoms with Crippen molar-refractivity contribution in [1.29, 1.82) is 0 Å². The number of carbonyl (C=O) groups excluding carboxylic acids is 1. The van der Waals surface area contributed by atoms with Crippen molar-refractivity contribution in [2.24, 2.45) is 0 Å². The van der Waals surface area contributed by atoms with Gasteiger partial charge in [-0.15, -0.1) is 0 Å². The number of hydrogen-bond donors (Lipinski definition) is 0. The molecule has 1 aliphatic carbocycles. The predicted octanol–water partition coefficient (Wildman–Crippen LogP) is 5.78. The lowest BCUT2D eigenvalue weighted by Gasteiger charge is -2.26. The van der Waals surface area contributed by atoms with Gasteiger partial charge in [-0.2, -0.15) is 26.3 Å². The molecule has 0 amide bonds. The number of carbonyl (C=O) groups is 1. The van der Waals surface area contributed by atoms with Crippen LogP contribution in [0.5, 0.6) is 0 Å². The first-order valence-corrected chi connectivity index (χ1v) is 7.59. The summed E-state index contributed by atoms with van der Waals surface area (Å²) < 4.78 is 91.5. The normalized spacial score (nSPS) is 18.0. The molecule has 1 unspecified atom stereocenters. The molecule has 26 heavy (non-hydrogen) atoms. The molecule has 2 aromatic rings. The van der Waals surface area contributed by atoms with Gasteiger partial charge in [0.2, 0.25) is 0 Å². The minimum Gasteiger partial charge on any atom is -0.293 e. The molecule has 0 aromatic heterocycles. The van der Waals surface area contributed by atoms with E-state index in [0.29, 0.717) is 17.7 Å². The summed E-state index contributed by atoms with van der Waals surface area (Å²) in [6, 6.07) is 4.64. The Balaban J connectivity index is 2.09. The van der Waals surface area contributed by atoms with Crippen LogP contribution in [0.2, 0.25) is 0 Å². The van der Waals surface area contributed by atoms with Gasteiger partial charge >= 0.3 is 12.4 Å². The average molecular weight is 376 g/mol. The van der Waals surface area contributed by atoms with Crippen molar-refractivity contribution in [2.75, 3.05) is 0 Å². The molecule has 0 heterocycles. The number of aryl methyl sites for hydroxylation is 1. The maximum absolute atomic E-state index is 13.3. The van der Waals surface area contributed by atoms with Crippen LogP contribution >= 0.6 is 0 Å². The van der Waals surface area contributed by atoms with Gasteiger partial charge in [-0.25, -0.2) is 4.39 Å². The minimum absolute atomic E-state index is 0.0305. The molecule has 0 radical (unpaired) electrons. The summed E-state index contributed by atoms with van der Waals surface area (Å²) in [5.41, 5.74) is -2.93. The Morgan fingerprint density at radius 2 is 1.58 bits per heavy atom. The van der Waals surface area contributed by atoms with E-state index in [1.807, 2.05) is 0 Å². The smallest absolute Gasteiger partial charge is 0.293 e. The number of fused-ring (bicyclic) bond motifs is 1. The van der Waals surface area contributed by atoms with Crippen LogP contribution in [0.15, 0.2) is 36.4 Å². The molecule has 1 atom stereocenters. The number of rotatable bonds is 1. The van der Waals surface area contributed by atoms with E-state index in [1.165, 1.54) is 6.07 Å². The lowest BCUT2D eigenvalue weighted by atomic mass is 9.77. The number of benzene rings is 2. The highest BCUT2D eigenvalue weighted by Crippen LogP contribution is 2.42. The fourth-order valence-corrected chi connectivity index (χ4v) is 3.21.